The Hall–Kier alpha value is -4.92. The van der Waals surface area contributed by atoms with E-state index < -0.39 is 0 Å². The van der Waals surface area contributed by atoms with Gasteiger partial charge in [0.15, 0.2) is 0 Å². The van der Waals surface area contributed by atoms with Crippen molar-refractivity contribution in [1.82, 2.24) is 28.9 Å². The van der Waals surface area contributed by atoms with Gasteiger partial charge >= 0.3 is 0 Å². The Morgan fingerprint density at radius 2 is 0.938 bits per heavy atom. The van der Waals surface area contributed by atoms with Crippen LogP contribution in [0.4, 0.5) is 0 Å². The summed E-state index contributed by atoms with van der Waals surface area (Å²) in [6.45, 7) is 4.81. The van der Waals surface area contributed by atoms with Crippen LogP contribution >= 0.6 is 0 Å². The lowest BCUT2D eigenvalue weighted by Crippen LogP contribution is -2.15. The SMILES string of the molecule is CN(C)CCCOc1ccc(-c2nc3ccccc3n2CC=CCn2c(-c3ccc(OCCCN(C)C)cc3)nc3ccccc32)cc1. The zero-order chi connectivity index (χ0) is 33.3. The average molecular weight is 643 g/mol. The molecule has 0 fully saturated rings. The van der Waals surface area contributed by atoms with Crippen LogP contribution in [0.3, 0.4) is 0 Å². The molecule has 0 spiro atoms. The molecule has 248 valence electrons. The molecule has 0 saturated heterocycles. The molecule has 8 heteroatoms. The van der Waals surface area contributed by atoms with Crippen LogP contribution in [0.1, 0.15) is 12.8 Å². The molecular formula is C40H46N6O2. The minimum atomic E-state index is 0.695. The summed E-state index contributed by atoms with van der Waals surface area (Å²) in [5.74, 6) is 3.65. The van der Waals surface area contributed by atoms with Gasteiger partial charge in [-0.25, -0.2) is 9.97 Å². The zero-order valence-electron chi connectivity index (χ0n) is 28.5. The predicted octanol–water partition coefficient (Wildman–Crippen LogP) is 7.64. The van der Waals surface area contributed by atoms with E-state index in [0.29, 0.717) is 26.3 Å². The maximum atomic E-state index is 5.98. The van der Waals surface area contributed by atoms with Gasteiger partial charge in [0, 0.05) is 37.3 Å². The third kappa shape index (κ3) is 8.13. The van der Waals surface area contributed by atoms with Crippen LogP contribution in [0.5, 0.6) is 11.5 Å². The highest BCUT2D eigenvalue weighted by atomic mass is 16.5. The van der Waals surface area contributed by atoms with Crippen LogP contribution in [0.15, 0.2) is 109 Å². The van der Waals surface area contributed by atoms with Gasteiger partial charge in [0.1, 0.15) is 23.1 Å². The quantitative estimate of drug-likeness (QED) is 0.0799. The molecule has 0 N–H and O–H groups in total. The van der Waals surface area contributed by atoms with Crippen molar-refractivity contribution in [3.8, 4) is 34.3 Å². The van der Waals surface area contributed by atoms with E-state index >= 15 is 0 Å². The highest BCUT2D eigenvalue weighted by Gasteiger charge is 2.14. The van der Waals surface area contributed by atoms with Gasteiger partial charge in [0.05, 0.1) is 35.3 Å². The Morgan fingerprint density at radius 1 is 0.542 bits per heavy atom. The fraction of sp³-hybridized carbons (Fsp3) is 0.300. The molecule has 0 unspecified atom stereocenters. The van der Waals surface area contributed by atoms with Crippen LogP contribution in [0.25, 0.3) is 44.8 Å². The molecule has 48 heavy (non-hydrogen) atoms. The van der Waals surface area contributed by atoms with Gasteiger partial charge in [-0.15, -0.1) is 0 Å². The molecule has 8 nitrogen and oxygen atoms in total. The molecule has 6 aromatic rings. The molecule has 0 radical (unpaired) electrons. The molecule has 0 saturated carbocycles. The van der Waals surface area contributed by atoms with E-state index in [-0.39, 0.29) is 0 Å². The monoisotopic (exact) mass is 642 g/mol. The summed E-state index contributed by atoms with van der Waals surface area (Å²) in [5.41, 5.74) is 6.32. The van der Waals surface area contributed by atoms with E-state index in [9.17, 15) is 0 Å². The minimum absolute atomic E-state index is 0.695. The van der Waals surface area contributed by atoms with Gasteiger partial charge in [-0.05, 0) is 114 Å². The Labute approximate surface area is 283 Å². The smallest absolute Gasteiger partial charge is 0.141 e. The van der Waals surface area contributed by atoms with E-state index in [1.165, 1.54) is 0 Å². The Bertz CT molecular complexity index is 1800. The van der Waals surface area contributed by atoms with E-state index in [2.05, 4.69) is 120 Å². The zero-order valence-corrected chi connectivity index (χ0v) is 28.5. The van der Waals surface area contributed by atoms with Crippen molar-refractivity contribution in [3.63, 3.8) is 0 Å². The van der Waals surface area contributed by atoms with Crippen molar-refractivity contribution in [2.45, 2.75) is 25.9 Å². The van der Waals surface area contributed by atoms with Gasteiger partial charge in [0.25, 0.3) is 0 Å². The number of hydrogen-bond acceptors (Lipinski definition) is 6. The molecule has 4 aromatic carbocycles. The molecule has 2 heterocycles. The summed E-state index contributed by atoms with van der Waals surface area (Å²) in [7, 11) is 8.33. The first-order chi connectivity index (χ1) is 23.5. The number of fused-ring (bicyclic) bond motifs is 2. The van der Waals surface area contributed by atoms with Gasteiger partial charge in [-0.2, -0.15) is 0 Å². The lowest BCUT2D eigenvalue weighted by molar-refractivity contribution is 0.281. The Kier molecular flexibility index (Phi) is 10.8. The number of imidazole rings is 2. The summed E-state index contributed by atoms with van der Waals surface area (Å²) in [6, 6.07) is 33.2. The van der Waals surface area contributed by atoms with Crippen molar-refractivity contribution in [2.75, 3.05) is 54.5 Å². The van der Waals surface area contributed by atoms with E-state index in [1.54, 1.807) is 0 Å². The lowest BCUT2D eigenvalue weighted by atomic mass is 10.2. The molecule has 0 amide bonds. The van der Waals surface area contributed by atoms with Crippen LogP contribution in [0.2, 0.25) is 0 Å². The fourth-order valence-electron chi connectivity index (χ4n) is 5.86. The molecule has 0 aliphatic carbocycles. The predicted molar refractivity (Wildman–Crippen MR) is 197 cm³/mol. The number of rotatable bonds is 16. The summed E-state index contributed by atoms with van der Waals surface area (Å²) in [5, 5.41) is 0. The second-order valence-electron chi connectivity index (χ2n) is 12.6. The van der Waals surface area contributed by atoms with Crippen LogP contribution in [-0.2, 0) is 13.1 Å². The fourth-order valence-corrected chi connectivity index (χ4v) is 5.86. The number of ether oxygens (including phenoxy) is 2. The van der Waals surface area contributed by atoms with E-state index in [1.807, 2.05) is 36.4 Å². The first-order valence-electron chi connectivity index (χ1n) is 16.8. The van der Waals surface area contributed by atoms with Gasteiger partial charge in [0.2, 0.25) is 0 Å². The first kappa shape index (κ1) is 33.0. The van der Waals surface area contributed by atoms with Gasteiger partial charge in [-0.1, -0.05) is 36.4 Å². The Balaban J connectivity index is 1.18. The van der Waals surface area contributed by atoms with Crippen molar-refractivity contribution in [1.29, 1.82) is 0 Å². The number of para-hydroxylation sites is 4. The highest BCUT2D eigenvalue weighted by molar-refractivity contribution is 5.81. The van der Waals surface area contributed by atoms with Crippen molar-refractivity contribution in [3.05, 3.63) is 109 Å². The number of hydrogen-bond donors (Lipinski definition) is 0. The summed E-state index contributed by atoms with van der Waals surface area (Å²) in [6.07, 6.45) is 6.43. The lowest BCUT2D eigenvalue weighted by Gasteiger charge is -2.11. The first-order valence-corrected chi connectivity index (χ1v) is 16.8. The summed E-state index contributed by atoms with van der Waals surface area (Å²) < 4.78 is 16.5. The standard InChI is InChI=1S/C40H46N6O2/c1-43(2)25-11-29-47-33-21-17-31(18-22-33)39-41-35-13-5-7-15-37(35)45(39)27-9-10-28-46-38-16-8-6-14-36(38)42-40(46)32-19-23-34(24-20-32)48-30-12-26-44(3)4/h5-10,13-24H,11-12,25-30H2,1-4H3. The number of nitrogens with zero attached hydrogens (tertiary/aromatic N) is 6. The van der Waals surface area contributed by atoms with Crippen LogP contribution in [0, 0.1) is 0 Å². The van der Waals surface area contributed by atoms with Crippen LogP contribution in [-0.4, -0.2) is 83.4 Å². The molecule has 2 aromatic heterocycles. The number of allylic oxidation sites excluding steroid dienone is 2. The van der Waals surface area contributed by atoms with Gasteiger partial charge in [-0.3, -0.25) is 0 Å². The number of benzene rings is 4. The van der Waals surface area contributed by atoms with Crippen molar-refractivity contribution >= 4 is 22.1 Å². The molecule has 0 aliphatic heterocycles. The molecule has 0 atom stereocenters. The highest BCUT2D eigenvalue weighted by Crippen LogP contribution is 2.28. The third-order valence-electron chi connectivity index (χ3n) is 8.31. The van der Waals surface area contributed by atoms with Crippen LogP contribution < -0.4 is 9.47 Å². The molecule has 0 bridgehead atoms. The normalized spacial score (nSPS) is 11.9. The topological polar surface area (TPSA) is 60.6 Å². The largest absolute Gasteiger partial charge is 0.494 e. The minimum Gasteiger partial charge on any atom is -0.494 e. The summed E-state index contributed by atoms with van der Waals surface area (Å²) >= 11 is 0. The van der Waals surface area contributed by atoms with Crippen molar-refractivity contribution in [2.24, 2.45) is 0 Å². The average Bonchev–Trinajstić information content (AvgIpc) is 3.66. The molecular weight excluding hydrogens is 596 g/mol. The maximum Gasteiger partial charge on any atom is 0.141 e. The second-order valence-corrected chi connectivity index (χ2v) is 12.6. The van der Waals surface area contributed by atoms with Crippen molar-refractivity contribution < 1.29 is 9.47 Å². The van der Waals surface area contributed by atoms with E-state index in [4.69, 9.17) is 19.4 Å². The third-order valence-corrected chi connectivity index (χ3v) is 8.31. The second kappa shape index (κ2) is 15.8. The number of aromatic nitrogens is 4. The Morgan fingerprint density at radius 3 is 1.33 bits per heavy atom. The maximum absolute atomic E-state index is 5.98. The molecule has 0 aliphatic rings. The summed E-state index contributed by atoms with van der Waals surface area (Å²) in [4.78, 5) is 14.4. The van der Waals surface area contributed by atoms with E-state index in [0.717, 1.165) is 82.3 Å². The van der Waals surface area contributed by atoms with Gasteiger partial charge < -0.3 is 28.4 Å². The molecule has 6 rings (SSSR count).